The molecule has 2 nitrogen and oxygen atoms in total. The Labute approximate surface area is 372 Å². The molecule has 0 N–H and O–H groups in total. The molecule has 0 bridgehead atoms. The average molecular weight is 816 g/mol. The number of aromatic nitrogens is 1. The first-order valence-corrected chi connectivity index (χ1v) is 21.9. The van der Waals surface area contributed by atoms with E-state index in [4.69, 9.17) is 4.42 Å². The second-order valence-corrected chi connectivity index (χ2v) is 16.5. The van der Waals surface area contributed by atoms with Crippen molar-refractivity contribution in [3.05, 3.63) is 249 Å². The standard InChI is InChI=1S/C62H41NO/c1-5-16-42(17-6-1)48-34-49(43-18-7-2-8-19-43)37-52(36-48)47-30-33-60-58(40-47)59(53-38-50(44-20-9-3-10-21-44)35-51(39-53)45-22-11-4-12-23-45)41-63(60)54-31-28-46(29-32-54)55-25-15-26-57-56-24-13-14-27-61(56)64-62(55)57/h1-41H. The molecule has 0 unspecified atom stereocenters. The van der Waals surface area contributed by atoms with Crippen LogP contribution in [-0.4, -0.2) is 4.57 Å². The highest BCUT2D eigenvalue weighted by molar-refractivity contribution is 6.09. The largest absolute Gasteiger partial charge is 0.455 e. The molecular weight excluding hydrogens is 775 g/mol. The smallest absolute Gasteiger partial charge is 0.143 e. The molecule has 0 aliphatic carbocycles. The fraction of sp³-hybridized carbons (Fsp3) is 0. The lowest BCUT2D eigenvalue weighted by molar-refractivity contribution is 0.670. The Bertz CT molecular complexity index is 3510. The van der Waals surface area contributed by atoms with Gasteiger partial charge in [-0.15, -0.1) is 0 Å². The molecule has 0 saturated heterocycles. The Hall–Kier alpha value is -8.46. The van der Waals surface area contributed by atoms with E-state index >= 15 is 0 Å². The van der Waals surface area contributed by atoms with Crippen LogP contribution in [0.4, 0.5) is 0 Å². The molecule has 0 aliphatic rings. The quantitative estimate of drug-likeness (QED) is 0.149. The van der Waals surface area contributed by atoms with Crippen LogP contribution >= 0.6 is 0 Å². The van der Waals surface area contributed by atoms with Gasteiger partial charge in [-0.05, 0) is 133 Å². The zero-order valence-corrected chi connectivity index (χ0v) is 35.0. The summed E-state index contributed by atoms with van der Waals surface area (Å²) < 4.78 is 8.81. The normalized spacial score (nSPS) is 11.4. The van der Waals surface area contributed by atoms with E-state index in [1.165, 1.54) is 66.6 Å². The third-order valence-electron chi connectivity index (χ3n) is 12.6. The SMILES string of the molecule is c1ccc(-c2cc(-c3ccccc3)cc(-c3ccc4c(c3)c(-c3cc(-c5ccccc5)cc(-c5ccccc5)c3)cn4-c3ccc(-c4cccc5c4oc4ccccc45)cc3)c2)cc1. The Morgan fingerprint density at radius 2 is 0.719 bits per heavy atom. The highest BCUT2D eigenvalue weighted by atomic mass is 16.3. The summed E-state index contributed by atoms with van der Waals surface area (Å²) in [6, 6.07) is 87.5. The molecule has 0 radical (unpaired) electrons. The van der Waals surface area contributed by atoms with Gasteiger partial charge in [0.05, 0.1) is 5.52 Å². The van der Waals surface area contributed by atoms with Crippen LogP contribution in [0.15, 0.2) is 253 Å². The Balaban J connectivity index is 1.05. The summed E-state index contributed by atoms with van der Waals surface area (Å²) >= 11 is 0. The first kappa shape index (κ1) is 37.3. The monoisotopic (exact) mass is 815 g/mol. The Kier molecular flexibility index (Phi) is 9.20. The van der Waals surface area contributed by atoms with Gasteiger partial charge in [-0.25, -0.2) is 0 Å². The molecule has 0 amide bonds. The summed E-state index contributed by atoms with van der Waals surface area (Å²) in [4.78, 5) is 0. The van der Waals surface area contributed by atoms with Gasteiger partial charge in [0.15, 0.2) is 0 Å². The van der Waals surface area contributed by atoms with Crippen LogP contribution in [0.3, 0.4) is 0 Å². The third-order valence-corrected chi connectivity index (χ3v) is 12.6. The number of fused-ring (bicyclic) bond motifs is 4. The molecule has 300 valence electrons. The number of hydrogen-bond donors (Lipinski definition) is 0. The van der Waals surface area contributed by atoms with Crippen LogP contribution in [0.2, 0.25) is 0 Å². The van der Waals surface area contributed by atoms with Crippen molar-refractivity contribution in [1.82, 2.24) is 4.57 Å². The van der Waals surface area contributed by atoms with E-state index in [2.05, 4.69) is 241 Å². The molecule has 0 spiro atoms. The van der Waals surface area contributed by atoms with Gasteiger partial charge < -0.3 is 8.98 Å². The van der Waals surface area contributed by atoms with Gasteiger partial charge >= 0.3 is 0 Å². The lowest BCUT2D eigenvalue weighted by Gasteiger charge is -2.13. The second kappa shape index (κ2) is 15.8. The van der Waals surface area contributed by atoms with Gasteiger partial charge in [-0.2, -0.15) is 0 Å². The molecular formula is C62H41NO. The van der Waals surface area contributed by atoms with Crippen molar-refractivity contribution in [2.45, 2.75) is 0 Å². The van der Waals surface area contributed by atoms with Crippen LogP contribution < -0.4 is 0 Å². The fourth-order valence-electron chi connectivity index (χ4n) is 9.40. The first-order valence-electron chi connectivity index (χ1n) is 21.9. The van der Waals surface area contributed by atoms with Crippen molar-refractivity contribution in [2.24, 2.45) is 0 Å². The van der Waals surface area contributed by atoms with Crippen molar-refractivity contribution >= 4 is 32.8 Å². The van der Waals surface area contributed by atoms with Crippen LogP contribution in [0, 0.1) is 0 Å². The maximum absolute atomic E-state index is 6.45. The van der Waals surface area contributed by atoms with Crippen molar-refractivity contribution in [3.8, 4) is 83.6 Å². The lowest BCUT2D eigenvalue weighted by atomic mass is 9.91. The van der Waals surface area contributed by atoms with E-state index in [-0.39, 0.29) is 0 Å². The van der Waals surface area contributed by atoms with Gasteiger partial charge in [0, 0.05) is 39.2 Å². The number of rotatable bonds is 8. The van der Waals surface area contributed by atoms with E-state index in [1.807, 2.05) is 12.1 Å². The molecule has 0 fully saturated rings. The zero-order valence-electron chi connectivity index (χ0n) is 35.0. The highest BCUT2D eigenvalue weighted by Gasteiger charge is 2.18. The van der Waals surface area contributed by atoms with E-state index in [0.29, 0.717) is 0 Å². The maximum Gasteiger partial charge on any atom is 0.143 e. The molecule has 0 atom stereocenters. The zero-order chi connectivity index (χ0) is 42.4. The number of hydrogen-bond acceptors (Lipinski definition) is 1. The van der Waals surface area contributed by atoms with Crippen molar-refractivity contribution in [1.29, 1.82) is 0 Å². The van der Waals surface area contributed by atoms with Crippen LogP contribution in [0.25, 0.3) is 116 Å². The van der Waals surface area contributed by atoms with Crippen LogP contribution in [-0.2, 0) is 0 Å². The number of benzene rings is 10. The highest BCUT2D eigenvalue weighted by Crippen LogP contribution is 2.42. The van der Waals surface area contributed by atoms with Gasteiger partial charge in [0.25, 0.3) is 0 Å². The molecule has 12 rings (SSSR count). The lowest BCUT2D eigenvalue weighted by Crippen LogP contribution is -1.92. The summed E-state index contributed by atoms with van der Waals surface area (Å²) in [5.74, 6) is 0. The summed E-state index contributed by atoms with van der Waals surface area (Å²) in [6.07, 6.45) is 2.33. The topological polar surface area (TPSA) is 18.1 Å². The van der Waals surface area contributed by atoms with E-state index < -0.39 is 0 Å². The van der Waals surface area contributed by atoms with Gasteiger partial charge in [-0.3, -0.25) is 0 Å². The summed E-state index contributed by atoms with van der Waals surface area (Å²) in [7, 11) is 0. The average Bonchev–Trinajstić information content (AvgIpc) is 3.96. The molecule has 2 aromatic heterocycles. The van der Waals surface area contributed by atoms with Crippen LogP contribution in [0.5, 0.6) is 0 Å². The Morgan fingerprint density at radius 3 is 1.27 bits per heavy atom. The molecule has 64 heavy (non-hydrogen) atoms. The van der Waals surface area contributed by atoms with Gasteiger partial charge in [0.1, 0.15) is 11.2 Å². The number of furan rings is 1. The van der Waals surface area contributed by atoms with Crippen molar-refractivity contribution in [2.75, 3.05) is 0 Å². The minimum absolute atomic E-state index is 0.905. The van der Waals surface area contributed by atoms with Crippen molar-refractivity contribution in [3.63, 3.8) is 0 Å². The maximum atomic E-state index is 6.45. The number of para-hydroxylation sites is 2. The van der Waals surface area contributed by atoms with E-state index in [1.54, 1.807) is 0 Å². The van der Waals surface area contributed by atoms with Gasteiger partial charge in [-0.1, -0.05) is 176 Å². The first-order chi connectivity index (χ1) is 31.7. The van der Waals surface area contributed by atoms with E-state index in [0.717, 1.165) is 49.8 Å². The second-order valence-electron chi connectivity index (χ2n) is 16.5. The molecule has 10 aromatic carbocycles. The van der Waals surface area contributed by atoms with E-state index in [9.17, 15) is 0 Å². The number of nitrogens with zero attached hydrogens (tertiary/aromatic N) is 1. The molecule has 12 aromatic rings. The Morgan fingerprint density at radius 1 is 0.266 bits per heavy atom. The molecule has 0 saturated carbocycles. The van der Waals surface area contributed by atoms with Gasteiger partial charge in [0.2, 0.25) is 0 Å². The summed E-state index contributed by atoms with van der Waals surface area (Å²) in [5.41, 5.74) is 20.4. The predicted molar refractivity (Wildman–Crippen MR) is 269 cm³/mol. The fourth-order valence-corrected chi connectivity index (χ4v) is 9.40. The third kappa shape index (κ3) is 6.79. The van der Waals surface area contributed by atoms with Crippen LogP contribution in [0.1, 0.15) is 0 Å². The predicted octanol–water partition coefficient (Wildman–Crippen LogP) is 17.2. The molecule has 0 aliphatic heterocycles. The minimum atomic E-state index is 0.905. The minimum Gasteiger partial charge on any atom is -0.455 e. The molecule has 2 heterocycles. The van der Waals surface area contributed by atoms with Crippen molar-refractivity contribution < 1.29 is 4.42 Å². The summed E-state index contributed by atoms with van der Waals surface area (Å²) in [6.45, 7) is 0. The summed E-state index contributed by atoms with van der Waals surface area (Å²) in [5, 5.41) is 3.45. The molecule has 2 heteroatoms.